The first-order valence-electron chi connectivity index (χ1n) is 5.49. The molecule has 0 aliphatic rings. The van der Waals surface area contributed by atoms with Crippen molar-refractivity contribution in [2.24, 2.45) is 5.41 Å². The Morgan fingerprint density at radius 1 is 1.28 bits per heavy atom. The molecule has 0 saturated heterocycles. The lowest BCUT2D eigenvalue weighted by Crippen LogP contribution is -2.27. The van der Waals surface area contributed by atoms with E-state index in [4.69, 9.17) is 0 Å². The number of nitrogens with one attached hydrogen (secondary N) is 1. The zero-order valence-electron chi connectivity index (χ0n) is 10.9. The Kier molecular flexibility index (Phi) is 3.96. The number of esters is 1. The normalized spacial score (nSPS) is 10.9. The summed E-state index contributed by atoms with van der Waals surface area (Å²) in [6, 6.07) is 4.50. The van der Waals surface area contributed by atoms with E-state index in [0.29, 0.717) is 0 Å². The molecule has 0 aliphatic heterocycles. The molecule has 0 radical (unpaired) electrons. The van der Waals surface area contributed by atoms with Gasteiger partial charge in [0.1, 0.15) is 5.56 Å². The second kappa shape index (κ2) is 5.08. The van der Waals surface area contributed by atoms with Crippen molar-refractivity contribution in [1.29, 1.82) is 0 Å². The summed E-state index contributed by atoms with van der Waals surface area (Å²) in [4.78, 5) is 23.2. The molecule has 0 bridgehead atoms. The highest BCUT2D eigenvalue weighted by Gasteiger charge is 2.23. The Hall–Kier alpha value is -2.04. The van der Waals surface area contributed by atoms with Crippen molar-refractivity contribution < 1.29 is 19.4 Å². The van der Waals surface area contributed by atoms with Crippen LogP contribution in [0, 0.1) is 5.41 Å². The number of aromatic hydroxyl groups is 1. The third-order valence-electron chi connectivity index (χ3n) is 2.37. The molecule has 18 heavy (non-hydrogen) atoms. The standard InChI is InChI=1S/C13H17NO4/c1-13(2,3)12(17)14-9-7-5-6-8(10(9)15)11(16)18-4/h5-7,15H,1-4H3,(H,14,17). The number of phenolic OH excluding ortho intramolecular Hbond substituents is 1. The van der Waals surface area contributed by atoms with Crippen LogP contribution in [0.2, 0.25) is 0 Å². The van der Waals surface area contributed by atoms with Gasteiger partial charge in [0.05, 0.1) is 12.8 Å². The summed E-state index contributed by atoms with van der Waals surface area (Å²) in [6.07, 6.45) is 0. The first-order valence-corrected chi connectivity index (χ1v) is 5.49. The van der Waals surface area contributed by atoms with Gasteiger partial charge in [0.15, 0.2) is 5.75 Å². The van der Waals surface area contributed by atoms with Crippen LogP contribution in [0.3, 0.4) is 0 Å². The molecule has 0 aromatic heterocycles. The quantitative estimate of drug-likeness (QED) is 0.624. The van der Waals surface area contributed by atoms with Crippen LogP contribution in [0.1, 0.15) is 31.1 Å². The number of hydrogen-bond acceptors (Lipinski definition) is 4. The Morgan fingerprint density at radius 3 is 2.39 bits per heavy atom. The number of phenols is 1. The minimum Gasteiger partial charge on any atom is -0.505 e. The second-order valence-electron chi connectivity index (χ2n) is 4.90. The van der Waals surface area contributed by atoms with Gasteiger partial charge in [0, 0.05) is 5.41 Å². The molecule has 1 rings (SSSR count). The predicted molar refractivity (Wildman–Crippen MR) is 67.5 cm³/mol. The fourth-order valence-electron chi connectivity index (χ4n) is 1.23. The molecule has 0 atom stereocenters. The monoisotopic (exact) mass is 251 g/mol. The lowest BCUT2D eigenvalue weighted by atomic mass is 9.95. The van der Waals surface area contributed by atoms with Gasteiger partial charge in [-0.2, -0.15) is 0 Å². The summed E-state index contributed by atoms with van der Waals surface area (Å²) < 4.78 is 4.53. The van der Waals surface area contributed by atoms with E-state index in [2.05, 4.69) is 10.1 Å². The first-order chi connectivity index (χ1) is 8.27. The maximum absolute atomic E-state index is 11.8. The largest absolute Gasteiger partial charge is 0.505 e. The van der Waals surface area contributed by atoms with Crippen molar-refractivity contribution in [3.63, 3.8) is 0 Å². The van der Waals surface area contributed by atoms with Gasteiger partial charge in [0.25, 0.3) is 0 Å². The highest BCUT2D eigenvalue weighted by Crippen LogP contribution is 2.29. The average molecular weight is 251 g/mol. The molecule has 1 aromatic rings. The Morgan fingerprint density at radius 2 is 1.89 bits per heavy atom. The van der Waals surface area contributed by atoms with E-state index in [1.165, 1.54) is 19.2 Å². The molecule has 0 aliphatic carbocycles. The maximum Gasteiger partial charge on any atom is 0.341 e. The van der Waals surface area contributed by atoms with Crippen LogP contribution in [-0.4, -0.2) is 24.1 Å². The summed E-state index contributed by atoms with van der Waals surface area (Å²) >= 11 is 0. The number of carbonyl (C=O) groups is 2. The number of para-hydroxylation sites is 1. The number of anilines is 1. The molecule has 0 heterocycles. The van der Waals surface area contributed by atoms with Gasteiger partial charge in [-0.25, -0.2) is 4.79 Å². The highest BCUT2D eigenvalue weighted by molar-refractivity contribution is 6.00. The second-order valence-corrected chi connectivity index (χ2v) is 4.90. The van der Waals surface area contributed by atoms with Crippen molar-refractivity contribution in [2.75, 3.05) is 12.4 Å². The van der Waals surface area contributed by atoms with Crippen LogP contribution in [0.5, 0.6) is 5.75 Å². The van der Waals surface area contributed by atoms with Crippen molar-refractivity contribution >= 4 is 17.6 Å². The lowest BCUT2D eigenvalue weighted by Gasteiger charge is -2.18. The molecule has 2 N–H and O–H groups in total. The van der Waals surface area contributed by atoms with Gasteiger partial charge in [0.2, 0.25) is 5.91 Å². The van der Waals surface area contributed by atoms with E-state index < -0.39 is 11.4 Å². The number of methoxy groups -OCH3 is 1. The van der Waals surface area contributed by atoms with Crippen molar-refractivity contribution in [3.05, 3.63) is 23.8 Å². The van der Waals surface area contributed by atoms with E-state index in [1.54, 1.807) is 26.8 Å². The van der Waals surface area contributed by atoms with Crippen LogP contribution in [0.4, 0.5) is 5.69 Å². The summed E-state index contributed by atoms with van der Waals surface area (Å²) in [5.41, 5.74) is -0.379. The molecule has 5 nitrogen and oxygen atoms in total. The van der Waals surface area contributed by atoms with Gasteiger partial charge in [-0.15, -0.1) is 0 Å². The fourth-order valence-corrected chi connectivity index (χ4v) is 1.23. The average Bonchev–Trinajstić information content (AvgIpc) is 2.29. The molecule has 0 spiro atoms. The molecule has 1 amide bonds. The van der Waals surface area contributed by atoms with Gasteiger partial charge >= 0.3 is 5.97 Å². The summed E-state index contributed by atoms with van der Waals surface area (Å²) in [5.74, 6) is -1.19. The summed E-state index contributed by atoms with van der Waals surface area (Å²) in [5, 5.41) is 12.5. The van der Waals surface area contributed by atoms with Gasteiger partial charge < -0.3 is 15.2 Å². The Bertz CT molecular complexity index is 474. The molecule has 0 fully saturated rings. The number of benzene rings is 1. The number of carbonyl (C=O) groups excluding carboxylic acids is 2. The molecule has 98 valence electrons. The van der Waals surface area contributed by atoms with Gasteiger partial charge in [-0.1, -0.05) is 26.8 Å². The highest BCUT2D eigenvalue weighted by atomic mass is 16.5. The van der Waals surface area contributed by atoms with E-state index in [1.807, 2.05) is 0 Å². The predicted octanol–water partition coefficient (Wildman–Crippen LogP) is 2.16. The number of rotatable bonds is 2. The van der Waals surface area contributed by atoms with Crippen LogP contribution in [-0.2, 0) is 9.53 Å². The van der Waals surface area contributed by atoms with E-state index >= 15 is 0 Å². The maximum atomic E-state index is 11.8. The molecule has 5 heteroatoms. The van der Waals surface area contributed by atoms with Crippen molar-refractivity contribution in [3.8, 4) is 5.75 Å². The van der Waals surface area contributed by atoms with Crippen LogP contribution in [0.15, 0.2) is 18.2 Å². The minimum atomic E-state index is -0.653. The third-order valence-corrected chi connectivity index (χ3v) is 2.37. The summed E-state index contributed by atoms with van der Waals surface area (Å²) in [7, 11) is 1.22. The minimum absolute atomic E-state index is 0.0178. The summed E-state index contributed by atoms with van der Waals surface area (Å²) in [6.45, 7) is 5.26. The third kappa shape index (κ3) is 3.00. The van der Waals surface area contributed by atoms with Gasteiger partial charge in [-0.05, 0) is 12.1 Å². The van der Waals surface area contributed by atoms with E-state index in [9.17, 15) is 14.7 Å². The van der Waals surface area contributed by atoms with Crippen LogP contribution >= 0.6 is 0 Å². The molecule has 1 aromatic carbocycles. The van der Waals surface area contributed by atoms with Gasteiger partial charge in [-0.3, -0.25) is 4.79 Å². The zero-order valence-corrected chi connectivity index (χ0v) is 10.9. The van der Waals surface area contributed by atoms with Crippen molar-refractivity contribution in [1.82, 2.24) is 0 Å². The van der Waals surface area contributed by atoms with Crippen LogP contribution < -0.4 is 5.32 Å². The zero-order chi connectivity index (χ0) is 13.9. The molecule has 0 saturated carbocycles. The van der Waals surface area contributed by atoms with Crippen molar-refractivity contribution in [2.45, 2.75) is 20.8 Å². The Balaban J connectivity index is 3.05. The fraction of sp³-hybridized carbons (Fsp3) is 0.385. The van der Waals surface area contributed by atoms with E-state index in [-0.39, 0.29) is 22.9 Å². The number of ether oxygens (including phenoxy) is 1. The first kappa shape index (κ1) is 14.0. The number of hydrogen-bond donors (Lipinski definition) is 2. The molecular formula is C13H17NO4. The SMILES string of the molecule is COC(=O)c1cccc(NC(=O)C(C)(C)C)c1O. The molecular weight excluding hydrogens is 234 g/mol. The number of amides is 1. The van der Waals surface area contributed by atoms with Crippen LogP contribution in [0.25, 0.3) is 0 Å². The smallest absolute Gasteiger partial charge is 0.341 e. The topological polar surface area (TPSA) is 75.6 Å². The molecule has 0 unspecified atom stereocenters. The Labute approximate surface area is 106 Å². The lowest BCUT2D eigenvalue weighted by molar-refractivity contribution is -0.123. The van der Waals surface area contributed by atoms with E-state index in [0.717, 1.165) is 0 Å².